The van der Waals surface area contributed by atoms with Gasteiger partial charge in [-0.2, -0.15) is 0 Å². The van der Waals surface area contributed by atoms with E-state index in [9.17, 15) is 0 Å². The molecule has 1 fully saturated rings. The van der Waals surface area contributed by atoms with Crippen LogP contribution in [0.2, 0.25) is 5.02 Å². The molecule has 1 aromatic carbocycles. The second kappa shape index (κ2) is 6.60. The molecular formula is C15H23ClN2O. The van der Waals surface area contributed by atoms with Crippen LogP contribution in [0.1, 0.15) is 44.2 Å². The van der Waals surface area contributed by atoms with E-state index in [0.717, 1.165) is 22.3 Å². The molecule has 3 N–H and O–H groups in total. The van der Waals surface area contributed by atoms with Crippen molar-refractivity contribution in [2.75, 3.05) is 7.11 Å². The van der Waals surface area contributed by atoms with E-state index in [4.69, 9.17) is 22.2 Å². The zero-order valence-corrected chi connectivity index (χ0v) is 12.4. The molecule has 0 spiro atoms. The van der Waals surface area contributed by atoms with Gasteiger partial charge in [0.15, 0.2) is 0 Å². The minimum atomic E-state index is 0.112. The van der Waals surface area contributed by atoms with Crippen LogP contribution in [0.5, 0.6) is 5.75 Å². The Balaban J connectivity index is 2.23. The van der Waals surface area contributed by atoms with E-state index in [0.29, 0.717) is 5.92 Å². The van der Waals surface area contributed by atoms with Crippen molar-refractivity contribution < 1.29 is 4.74 Å². The van der Waals surface area contributed by atoms with Gasteiger partial charge in [-0.15, -0.1) is 0 Å². The number of nitrogens with two attached hydrogens (primary N) is 1. The summed E-state index contributed by atoms with van der Waals surface area (Å²) >= 11 is 6.11. The third-order valence-electron chi connectivity index (χ3n) is 4.24. The lowest BCUT2D eigenvalue weighted by atomic mass is 9.77. The lowest BCUT2D eigenvalue weighted by Crippen LogP contribution is -2.35. The Labute approximate surface area is 120 Å². The van der Waals surface area contributed by atoms with E-state index in [2.05, 4.69) is 12.3 Å². The Morgan fingerprint density at radius 3 is 2.58 bits per heavy atom. The fourth-order valence-corrected chi connectivity index (χ4v) is 3.23. The van der Waals surface area contributed by atoms with Gasteiger partial charge in [0, 0.05) is 10.6 Å². The number of rotatable bonds is 4. The van der Waals surface area contributed by atoms with Crippen molar-refractivity contribution in [2.24, 2.45) is 17.7 Å². The largest absolute Gasteiger partial charge is 0.496 e. The topological polar surface area (TPSA) is 47.3 Å². The first-order valence-corrected chi connectivity index (χ1v) is 7.33. The molecule has 0 aromatic heterocycles. The molecule has 1 aliphatic carbocycles. The number of ether oxygens (including phenoxy) is 1. The second-order valence-corrected chi connectivity index (χ2v) is 5.99. The third-order valence-corrected chi connectivity index (χ3v) is 4.47. The minimum Gasteiger partial charge on any atom is -0.496 e. The normalized spacial score (nSPS) is 25.1. The molecule has 1 unspecified atom stereocenters. The first kappa shape index (κ1) is 14.6. The highest BCUT2D eigenvalue weighted by atomic mass is 35.5. The van der Waals surface area contributed by atoms with Gasteiger partial charge in [-0.1, -0.05) is 31.4 Å². The average molecular weight is 283 g/mol. The molecular weight excluding hydrogens is 260 g/mol. The van der Waals surface area contributed by atoms with Crippen LogP contribution in [0.25, 0.3) is 0 Å². The molecule has 1 atom stereocenters. The van der Waals surface area contributed by atoms with Crippen molar-refractivity contribution in [2.45, 2.75) is 38.6 Å². The van der Waals surface area contributed by atoms with Gasteiger partial charge in [-0.05, 0) is 42.9 Å². The lowest BCUT2D eigenvalue weighted by Gasteiger charge is -2.33. The third kappa shape index (κ3) is 3.41. The van der Waals surface area contributed by atoms with Gasteiger partial charge in [0.25, 0.3) is 0 Å². The molecule has 2 rings (SSSR count). The molecule has 0 heterocycles. The van der Waals surface area contributed by atoms with Gasteiger partial charge in [0.05, 0.1) is 13.2 Å². The number of hydrogen-bond acceptors (Lipinski definition) is 3. The van der Waals surface area contributed by atoms with E-state index < -0.39 is 0 Å². The monoisotopic (exact) mass is 282 g/mol. The summed E-state index contributed by atoms with van der Waals surface area (Å²) in [6.45, 7) is 2.32. The molecule has 1 aliphatic rings. The minimum absolute atomic E-state index is 0.112. The average Bonchev–Trinajstić information content (AvgIpc) is 2.42. The Morgan fingerprint density at radius 1 is 1.32 bits per heavy atom. The summed E-state index contributed by atoms with van der Waals surface area (Å²) in [7, 11) is 1.68. The Kier molecular flexibility index (Phi) is 5.08. The Bertz CT molecular complexity index is 417. The maximum absolute atomic E-state index is 6.11. The number of hydrogen-bond donors (Lipinski definition) is 2. The number of methoxy groups -OCH3 is 1. The number of nitrogens with one attached hydrogen (secondary N) is 1. The van der Waals surface area contributed by atoms with E-state index in [1.54, 1.807) is 7.11 Å². The quantitative estimate of drug-likeness (QED) is 0.654. The zero-order chi connectivity index (χ0) is 13.8. The SMILES string of the molecule is COc1ccc(Cl)cc1C(NN)C1CCC(C)CC1. The summed E-state index contributed by atoms with van der Waals surface area (Å²) in [4.78, 5) is 0. The summed E-state index contributed by atoms with van der Waals surface area (Å²) in [5.74, 6) is 8.03. The highest BCUT2D eigenvalue weighted by Crippen LogP contribution is 2.39. The van der Waals surface area contributed by atoms with E-state index in [1.165, 1.54) is 25.7 Å². The molecule has 3 nitrogen and oxygen atoms in total. The number of halogens is 1. The number of hydrazine groups is 1. The van der Waals surface area contributed by atoms with Crippen molar-refractivity contribution in [3.05, 3.63) is 28.8 Å². The number of benzene rings is 1. The fraction of sp³-hybridized carbons (Fsp3) is 0.600. The van der Waals surface area contributed by atoms with Crippen LogP contribution >= 0.6 is 11.6 Å². The van der Waals surface area contributed by atoms with Crippen LogP contribution in [0.3, 0.4) is 0 Å². The van der Waals surface area contributed by atoms with Crippen LogP contribution in [0.4, 0.5) is 0 Å². The maximum Gasteiger partial charge on any atom is 0.123 e. The van der Waals surface area contributed by atoms with Crippen molar-refractivity contribution >= 4 is 11.6 Å². The Hall–Kier alpha value is -0.770. The molecule has 0 radical (unpaired) electrons. The molecule has 0 bridgehead atoms. The highest BCUT2D eigenvalue weighted by Gasteiger charge is 2.28. The van der Waals surface area contributed by atoms with Gasteiger partial charge >= 0.3 is 0 Å². The Morgan fingerprint density at radius 2 is 2.00 bits per heavy atom. The second-order valence-electron chi connectivity index (χ2n) is 5.55. The standard InChI is InChI=1S/C15H23ClN2O/c1-10-3-5-11(6-4-10)15(18-17)13-9-12(16)7-8-14(13)19-2/h7-11,15,18H,3-6,17H2,1-2H3. The van der Waals surface area contributed by atoms with Gasteiger partial charge in [-0.3, -0.25) is 11.3 Å². The smallest absolute Gasteiger partial charge is 0.123 e. The zero-order valence-electron chi connectivity index (χ0n) is 11.7. The summed E-state index contributed by atoms with van der Waals surface area (Å²) in [6, 6.07) is 5.83. The van der Waals surface area contributed by atoms with Gasteiger partial charge in [0.2, 0.25) is 0 Å². The predicted molar refractivity (Wildman–Crippen MR) is 79.2 cm³/mol. The fourth-order valence-electron chi connectivity index (χ4n) is 3.05. The van der Waals surface area contributed by atoms with Crippen LogP contribution in [0.15, 0.2) is 18.2 Å². The summed E-state index contributed by atoms with van der Waals surface area (Å²) in [5.41, 5.74) is 4.03. The van der Waals surface area contributed by atoms with Crippen molar-refractivity contribution in [3.63, 3.8) is 0 Å². The van der Waals surface area contributed by atoms with Crippen molar-refractivity contribution in [1.82, 2.24) is 5.43 Å². The molecule has 106 valence electrons. The highest BCUT2D eigenvalue weighted by molar-refractivity contribution is 6.30. The van der Waals surface area contributed by atoms with Crippen molar-refractivity contribution in [3.8, 4) is 5.75 Å². The van der Waals surface area contributed by atoms with Crippen LogP contribution < -0.4 is 16.0 Å². The van der Waals surface area contributed by atoms with Gasteiger partial charge < -0.3 is 4.74 Å². The summed E-state index contributed by atoms with van der Waals surface area (Å²) < 4.78 is 5.44. The maximum atomic E-state index is 6.11. The van der Waals surface area contributed by atoms with Crippen molar-refractivity contribution in [1.29, 1.82) is 0 Å². The van der Waals surface area contributed by atoms with Crippen LogP contribution in [0, 0.1) is 11.8 Å². The first-order valence-electron chi connectivity index (χ1n) is 6.95. The summed E-state index contributed by atoms with van der Waals surface area (Å²) in [5, 5.41) is 0.722. The molecule has 0 amide bonds. The first-order chi connectivity index (χ1) is 9.15. The van der Waals surface area contributed by atoms with Gasteiger partial charge in [-0.25, -0.2) is 0 Å². The summed E-state index contributed by atoms with van der Waals surface area (Å²) in [6.07, 6.45) is 4.94. The van der Waals surface area contributed by atoms with E-state index in [1.807, 2.05) is 18.2 Å². The molecule has 1 saturated carbocycles. The van der Waals surface area contributed by atoms with Crippen LogP contribution in [-0.2, 0) is 0 Å². The van der Waals surface area contributed by atoms with E-state index >= 15 is 0 Å². The molecule has 0 aliphatic heterocycles. The predicted octanol–water partition coefficient (Wildman–Crippen LogP) is 3.68. The molecule has 4 heteroatoms. The molecule has 19 heavy (non-hydrogen) atoms. The lowest BCUT2D eigenvalue weighted by molar-refractivity contribution is 0.229. The molecule has 1 aromatic rings. The van der Waals surface area contributed by atoms with Gasteiger partial charge in [0.1, 0.15) is 5.75 Å². The van der Waals surface area contributed by atoms with Crippen LogP contribution in [-0.4, -0.2) is 7.11 Å². The van der Waals surface area contributed by atoms with E-state index in [-0.39, 0.29) is 6.04 Å². The molecule has 0 saturated heterocycles.